The standard InChI is InChI=1S/C20H20N2O4S/c1-20(2,3)19(25)21-12-8-9-13(15(10-12)26-11-17(23)24)18-22-14-6-4-5-7-16(14)27-18/h4-10H,11H2,1-3H3,(H,21,25)(H,23,24). The molecule has 0 bridgehead atoms. The molecule has 7 heteroatoms. The Bertz CT molecular complexity index is 972. The van der Waals surface area contributed by atoms with Gasteiger partial charge in [0.2, 0.25) is 5.91 Å². The number of aromatic nitrogens is 1. The Morgan fingerprint density at radius 3 is 2.59 bits per heavy atom. The summed E-state index contributed by atoms with van der Waals surface area (Å²) in [5.74, 6) is -0.850. The number of para-hydroxylation sites is 1. The van der Waals surface area contributed by atoms with Gasteiger partial charge in [-0.15, -0.1) is 11.3 Å². The van der Waals surface area contributed by atoms with Crippen LogP contribution in [0.1, 0.15) is 20.8 Å². The first-order valence-electron chi connectivity index (χ1n) is 8.40. The molecule has 0 fully saturated rings. The molecule has 1 heterocycles. The monoisotopic (exact) mass is 384 g/mol. The molecule has 0 radical (unpaired) electrons. The van der Waals surface area contributed by atoms with Gasteiger partial charge in [-0.3, -0.25) is 4.79 Å². The molecule has 3 aromatic rings. The number of nitrogens with one attached hydrogen (secondary N) is 1. The molecule has 0 aliphatic rings. The Kier molecular flexibility index (Phi) is 5.14. The lowest BCUT2D eigenvalue weighted by Gasteiger charge is -2.18. The van der Waals surface area contributed by atoms with Gasteiger partial charge in [0.25, 0.3) is 0 Å². The van der Waals surface area contributed by atoms with E-state index in [9.17, 15) is 9.59 Å². The van der Waals surface area contributed by atoms with Crippen LogP contribution in [0.2, 0.25) is 0 Å². The maximum atomic E-state index is 12.2. The summed E-state index contributed by atoms with van der Waals surface area (Å²) in [6, 6.07) is 12.9. The molecule has 0 unspecified atom stereocenters. The number of aliphatic carboxylic acids is 1. The summed E-state index contributed by atoms with van der Waals surface area (Å²) >= 11 is 1.50. The van der Waals surface area contributed by atoms with Crippen LogP contribution in [0.25, 0.3) is 20.8 Å². The summed E-state index contributed by atoms with van der Waals surface area (Å²) in [5, 5.41) is 12.5. The SMILES string of the molecule is CC(C)(C)C(=O)Nc1ccc(-c2nc3ccccc3s2)c(OCC(=O)O)c1. The second kappa shape index (κ2) is 7.36. The molecular weight excluding hydrogens is 364 g/mol. The van der Waals surface area contributed by atoms with Crippen molar-refractivity contribution >= 4 is 39.1 Å². The highest BCUT2D eigenvalue weighted by atomic mass is 32.1. The zero-order chi connectivity index (χ0) is 19.6. The largest absolute Gasteiger partial charge is 0.481 e. The van der Waals surface area contributed by atoms with Gasteiger partial charge in [-0.1, -0.05) is 32.9 Å². The third-order valence-corrected chi connectivity index (χ3v) is 4.87. The first-order chi connectivity index (χ1) is 12.7. The quantitative estimate of drug-likeness (QED) is 0.680. The number of fused-ring (bicyclic) bond motifs is 1. The summed E-state index contributed by atoms with van der Waals surface area (Å²) in [5.41, 5.74) is 1.55. The van der Waals surface area contributed by atoms with Gasteiger partial charge in [-0.25, -0.2) is 9.78 Å². The molecule has 2 aromatic carbocycles. The molecule has 0 atom stereocenters. The third kappa shape index (κ3) is 4.43. The van der Waals surface area contributed by atoms with Crippen LogP contribution < -0.4 is 10.1 Å². The number of benzene rings is 2. The Morgan fingerprint density at radius 2 is 1.93 bits per heavy atom. The van der Waals surface area contributed by atoms with Crippen molar-refractivity contribution in [2.75, 3.05) is 11.9 Å². The van der Waals surface area contributed by atoms with Gasteiger partial charge in [0.15, 0.2) is 6.61 Å². The minimum atomic E-state index is -1.07. The fourth-order valence-corrected chi connectivity index (χ4v) is 3.34. The zero-order valence-corrected chi connectivity index (χ0v) is 16.1. The van der Waals surface area contributed by atoms with Crippen LogP contribution in [0.4, 0.5) is 5.69 Å². The van der Waals surface area contributed by atoms with Gasteiger partial charge in [0.1, 0.15) is 10.8 Å². The topological polar surface area (TPSA) is 88.5 Å². The second-order valence-corrected chi connectivity index (χ2v) is 8.11. The molecule has 1 amide bonds. The van der Waals surface area contributed by atoms with Crippen LogP contribution in [0.15, 0.2) is 42.5 Å². The van der Waals surface area contributed by atoms with Gasteiger partial charge in [0.05, 0.1) is 15.8 Å². The molecule has 0 aliphatic heterocycles. The van der Waals surface area contributed by atoms with Crippen LogP contribution in [0, 0.1) is 5.41 Å². The number of hydrogen-bond donors (Lipinski definition) is 2. The number of ether oxygens (including phenoxy) is 1. The van der Waals surface area contributed by atoms with Crippen molar-refractivity contribution in [3.63, 3.8) is 0 Å². The molecular formula is C20H20N2O4S. The number of thiazole rings is 1. The number of carbonyl (C=O) groups is 2. The summed E-state index contributed by atoms with van der Waals surface area (Å²) in [6.45, 7) is 4.98. The van der Waals surface area contributed by atoms with E-state index in [1.165, 1.54) is 11.3 Å². The van der Waals surface area contributed by atoms with E-state index >= 15 is 0 Å². The van der Waals surface area contributed by atoms with E-state index in [-0.39, 0.29) is 5.91 Å². The van der Waals surface area contributed by atoms with Crippen LogP contribution in [-0.4, -0.2) is 28.6 Å². The van der Waals surface area contributed by atoms with Gasteiger partial charge in [0, 0.05) is 17.2 Å². The number of carboxylic acids is 1. The van der Waals surface area contributed by atoms with Crippen molar-refractivity contribution in [1.29, 1.82) is 0 Å². The predicted molar refractivity (Wildman–Crippen MR) is 106 cm³/mol. The van der Waals surface area contributed by atoms with Crippen LogP contribution in [0.3, 0.4) is 0 Å². The number of hydrogen-bond acceptors (Lipinski definition) is 5. The fraction of sp³-hybridized carbons (Fsp3) is 0.250. The average Bonchev–Trinajstić information content (AvgIpc) is 3.03. The lowest BCUT2D eigenvalue weighted by Crippen LogP contribution is -2.27. The normalized spacial score (nSPS) is 11.4. The van der Waals surface area contributed by atoms with Gasteiger partial charge in [-0.2, -0.15) is 0 Å². The first kappa shape index (κ1) is 18.8. The minimum Gasteiger partial charge on any atom is -0.481 e. The Hall–Kier alpha value is -2.93. The van der Waals surface area contributed by atoms with Crippen molar-refractivity contribution in [3.8, 4) is 16.3 Å². The highest BCUT2D eigenvalue weighted by Crippen LogP contribution is 2.37. The molecule has 1 aromatic heterocycles. The van der Waals surface area contributed by atoms with Gasteiger partial charge >= 0.3 is 5.97 Å². The molecule has 0 spiro atoms. The van der Waals surface area contributed by atoms with E-state index in [0.29, 0.717) is 17.0 Å². The van der Waals surface area contributed by atoms with Crippen LogP contribution >= 0.6 is 11.3 Å². The maximum Gasteiger partial charge on any atom is 0.341 e. The molecule has 0 saturated carbocycles. The summed E-state index contributed by atoms with van der Waals surface area (Å²) in [6.07, 6.45) is 0. The molecule has 2 N–H and O–H groups in total. The Balaban J connectivity index is 1.99. The summed E-state index contributed by atoms with van der Waals surface area (Å²) in [4.78, 5) is 27.8. The maximum absolute atomic E-state index is 12.2. The van der Waals surface area contributed by atoms with Crippen molar-refractivity contribution in [1.82, 2.24) is 4.98 Å². The predicted octanol–water partition coefficient (Wildman–Crippen LogP) is 4.41. The molecule has 0 saturated heterocycles. The minimum absolute atomic E-state index is 0.139. The smallest absolute Gasteiger partial charge is 0.341 e. The Labute approximate surface area is 160 Å². The van der Waals surface area contributed by atoms with E-state index < -0.39 is 18.0 Å². The number of nitrogens with zero attached hydrogens (tertiary/aromatic N) is 1. The summed E-state index contributed by atoms with van der Waals surface area (Å²) < 4.78 is 6.50. The number of carbonyl (C=O) groups excluding carboxylic acids is 1. The lowest BCUT2D eigenvalue weighted by molar-refractivity contribution is -0.139. The van der Waals surface area contributed by atoms with E-state index in [1.807, 2.05) is 45.0 Å². The Morgan fingerprint density at radius 1 is 1.19 bits per heavy atom. The zero-order valence-electron chi connectivity index (χ0n) is 15.3. The van der Waals surface area contributed by atoms with Gasteiger partial charge in [-0.05, 0) is 24.3 Å². The molecule has 140 valence electrons. The van der Waals surface area contributed by atoms with Crippen molar-refractivity contribution < 1.29 is 19.4 Å². The van der Waals surface area contributed by atoms with E-state index in [0.717, 1.165) is 15.2 Å². The number of anilines is 1. The van der Waals surface area contributed by atoms with Crippen molar-refractivity contribution in [2.45, 2.75) is 20.8 Å². The van der Waals surface area contributed by atoms with Crippen LogP contribution in [0.5, 0.6) is 5.75 Å². The van der Waals surface area contributed by atoms with Gasteiger partial charge < -0.3 is 15.2 Å². The number of rotatable bonds is 5. The lowest BCUT2D eigenvalue weighted by atomic mass is 9.95. The molecule has 27 heavy (non-hydrogen) atoms. The molecule has 0 aliphatic carbocycles. The molecule has 3 rings (SSSR count). The number of carboxylic acid groups (broad SMARTS) is 1. The highest BCUT2D eigenvalue weighted by molar-refractivity contribution is 7.21. The van der Waals surface area contributed by atoms with E-state index in [2.05, 4.69) is 10.3 Å². The fourth-order valence-electron chi connectivity index (χ4n) is 2.34. The first-order valence-corrected chi connectivity index (χ1v) is 9.22. The average molecular weight is 384 g/mol. The van der Waals surface area contributed by atoms with E-state index in [4.69, 9.17) is 9.84 Å². The second-order valence-electron chi connectivity index (χ2n) is 7.08. The van der Waals surface area contributed by atoms with Crippen molar-refractivity contribution in [3.05, 3.63) is 42.5 Å². The third-order valence-electron chi connectivity index (χ3n) is 3.80. The number of amides is 1. The highest BCUT2D eigenvalue weighted by Gasteiger charge is 2.22. The van der Waals surface area contributed by atoms with Crippen molar-refractivity contribution in [2.24, 2.45) is 5.41 Å². The summed E-state index contributed by atoms with van der Waals surface area (Å²) in [7, 11) is 0. The molecule has 6 nitrogen and oxygen atoms in total. The van der Waals surface area contributed by atoms with Crippen LogP contribution in [-0.2, 0) is 9.59 Å². The van der Waals surface area contributed by atoms with E-state index in [1.54, 1.807) is 18.2 Å².